The standard InChI is InChI=1S/C20H34N6O.2CH2O2/c1-3-4-8-24-10-11-25-19(15-24)12-16(22-25)13-21-20(27)26-17-5-6-18(26)14-23(2)9-7-17;2*2-1-3/h12,17-18H,3-11,13-15H2,1-2H3,(H,21,27);2*1H,(H,2,3)/t17-,18+;;/m1../s1. The van der Waals surface area contributed by atoms with E-state index in [4.69, 9.17) is 24.9 Å². The van der Waals surface area contributed by atoms with Gasteiger partial charge in [-0.15, -0.1) is 0 Å². The monoisotopic (exact) mass is 466 g/mol. The van der Waals surface area contributed by atoms with E-state index in [0.29, 0.717) is 18.6 Å². The van der Waals surface area contributed by atoms with Crippen LogP contribution in [0.2, 0.25) is 0 Å². The second kappa shape index (κ2) is 13.8. The lowest BCUT2D eigenvalue weighted by atomic mass is 10.1. The smallest absolute Gasteiger partial charge is 0.318 e. The lowest BCUT2D eigenvalue weighted by molar-refractivity contribution is -0.123. The first kappa shape index (κ1) is 26.6. The number of aromatic nitrogens is 2. The number of rotatable bonds is 5. The molecule has 186 valence electrons. The lowest BCUT2D eigenvalue weighted by Crippen LogP contribution is -2.47. The fourth-order valence-corrected chi connectivity index (χ4v) is 4.87. The van der Waals surface area contributed by atoms with Gasteiger partial charge in [0.2, 0.25) is 0 Å². The Morgan fingerprint density at radius 1 is 1.15 bits per heavy atom. The average Bonchev–Trinajstić information content (AvgIpc) is 3.33. The molecule has 3 aliphatic rings. The third-order valence-electron chi connectivity index (χ3n) is 6.40. The minimum absolute atomic E-state index is 0.0911. The number of likely N-dealkylation sites (N-methyl/N-ethyl adjacent to an activating group) is 1. The summed E-state index contributed by atoms with van der Waals surface area (Å²) in [4.78, 5) is 36.6. The molecule has 0 radical (unpaired) electrons. The molecule has 1 aromatic rings. The van der Waals surface area contributed by atoms with Crippen LogP contribution in [0.1, 0.15) is 50.4 Å². The van der Waals surface area contributed by atoms with Gasteiger partial charge in [0.05, 0.1) is 24.5 Å². The zero-order valence-electron chi connectivity index (χ0n) is 19.7. The van der Waals surface area contributed by atoms with Gasteiger partial charge in [0.15, 0.2) is 0 Å². The highest BCUT2D eigenvalue weighted by atomic mass is 16.3. The maximum atomic E-state index is 12.9. The molecule has 2 amide bonds. The Bertz CT molecular complexity index is 752. The lowest BCUT2D eigenvalue weighted by Gasteiger charge is -2.28. The van der Waals surface area contributed by atoms with E-state index in [-0.39, 0.29) is 19.0 Å². The summed E-state index contributed by atoms with van der Waals surface area (Å²) in [6.45, 7) is 8.52. The molecule has 1 aromatic heterocycles. The Morgan fingerprint density at radius 3 is 2.55 bits per heavy atom. The number of hydrogen-bond acceptors (Lipinski definition) is 6. The topological polar surface area (TPSA) is 131 Å². The number of urea groups is 1. The molecule has 11 heteroatoms. The summed E-state index contributed by atoms with van der Waals surface area (Å²) in [7, 11) is 2.16. The van der Waals surface area contributed by atoms with Crippen LogP contribution >= 0.6 is 0 Å². The molecule has 3 N–H and O–H groups in total. The number of amides is 2. The van der Waals surface area contributed by atoms with Gasteiger partial charge in [-0.1, -0.05) is 13.3 Å². The van der Waals surface area contributed by atoms with Crippen LogP contribution in [0.3, 0.4) is 0 Å². The Balaban J connectivity index is 0.000000582. The van der Waals surface area contributed by atoms with E-state index in [9.17, 15) is 4.79 Å². The Morgan fingerprint density at radius 2 is 1.85 bits per heavy atom. The van der Waals surface area contributed by atoms with Crippen LogP contribution in [0.5, 0.6) is 0 Å². The molecule has 2 saturated heterocycles. The first-order valence-corrected chi connectivity index (χ1v) is 11.7. The fourth-order valence-electron chi connectivity index (χ4n) is 4.87. The maximum Gasteiger partial charge on any atom is 0.318 e. The van der Waals surface area contributed by atoms with E-state index in [0.717, 1.165) is 57.7 Å². The van der Waals surface area contributed by atoms with Gasteiger partial charge < -0.3 is 25.3 Å². The molecule has 2 fully saturated rings. The van der Waals surface area contributed by atoms with E-state index in [1.165, 1.54) is 25.1 Å². The number of nitrogens with one attached hydrogen (secondary N) is 1. The second-order valence-corrected chi connectivity index (χ2v) is 8.69. The van der Waals surface area contributed by atoms with Gasteiger partial charge in [0.1, 0.15) is 0 Å². The van der Waals surface area contributed by atoms with Crippen LogP contribution in [0.4, 0.5) is 4.79 Å². The molecule has 3 aliphatic heterocycles. The molecule has 11 nitrogen and oxygen atoms in total. The number of unbranched alkanes of at least 4 members (excludes halogenated alkanes) is 1. The normalized spacial score (nSPS) is 22.1. The number of carbonyl (C=O) groups is 3. The van der Waals surface area contributed by atoms with E-state index in [1.54, 1.807) is 0 Å². The van der Waals surface area contributed by atoms with E-state index >= 15 is 0 Å². The highest BCUT2D eigenvalue weighted by molar-refractivity contribution is 5.75. The van der Waals surface area contributed by atoms with Crippen molar-refractivity contribution in [2.75, 3.05) is 33.2 Å². The SMILES string of the molecule is CCCCN1CCn2nc(CNC(=O)N3[C@@H]4CC[C@H]3CN(C)CC4)cc2C1.O=CO.O=CO. The van der Waals surface area contributed by atoms with E-state index < -0.39 is 0 Å². The summed E-state index contributed by atoms with van der Waals surface area (Å²) in [5, 5.41) is 21.6. The van der Waals surface area contributed by atoms with Gasteiger partial charge in [-0.2, -0.15) is 5.10 Å². The Hall–Kier alpha value is -2.66. The molecular weight excluding hydrogens is 428 g/mol. The maximum absolute atomic E-state index is 12.9. The first-order valence-electron chi connectivity index (χ1n) is 11.7. The largest absolute Gasteiger partial charge is 0.483 e. The molecule has 0 unspecified atom stereocenters. The van der Waals surface area contributed by atoms with Crippen molar-refractivity contribution in [1.29, 1.82) is 0 Å². The van der Waals surface area contributed by atoms with Crippen molar-refractivity contribution in [2.45, 2.75) is 70.7 Å². The molecule has 2 atom stereocenters. The predicted octanol–water partition coefficient (Wildman–Crippen LogP) is 1.28. The van der Waals surface area contributed by atoms with Gasteiger partial charge in [0.25, 0.3) is 12.9 Å². The number of fused-ring (bicyclic) bond motifs is 3. The van der Waals surface area contributed by atoms with Crippen molar-refractivity contribution in [1.82, 2.24) is 29.8 Å². The number of hydrogen-bond donors (Lipinski definition) is 3. The van der Waals surface area contributed by atoms with Gasteiger partial charge in [-0.05, 0) is 51.9 Å². The van der Waals surface area contributed by atoms with Crippen molar-refractivity contribution in [3.05, 3.63) is 17.5 Å². The molecule has 2 bridgehead atoms. The summed E-state index contributed by atoms with van der Waals surface area (Å²) in [6.07, 6.45) is 5.87. The molecule has 33 heavy (non-hydrogen) atoms. The summed E-state index contributed by atoms with van der Waals surface area (Å²) in [5.74, 6) is 0. The van der Waals surface area contributed by atoms with Crippen LogP contribution in [-0.2, 0) is 29.2 Å². The Kier molecular flexibility index (Phi) is 11.1. The molecule has 0 saturated carbocycles. The van der Waals surface area contributed by atoms with Crippen LogP contribution in [0.25, 0.3) is 0 Å². The van der Waals surface area contributed by atoms with Crippen molar-refractivity contribution in [3.8, 4) is 0 Å². The van der Waals surface area contributed by atoms with Crippen molar-refractivity contribution < 1.29 is 24.6 Å². The van der Waals surface area contributed by atoms with Gasteiger partial charge in [0, 0.05) is 31.7 Å². The highest BCUT2D eigenvalue weighted by Gasteiger charge is 2.39. The third-order valence-corrected chi connectivity index (χ3v) is 6.40. The zero-order valence-corrected chi connectivity index (χ0v) is 19.7. The van der Waals surface area contributed by atoms with E-state index in [1.807, 2.05) is 0 Å². The number of likely N-dealkylation sites (tertiary alicyclic amines) is 1. The summed E-state index contributed by atoms with van der Waals surface area (Å²) in [5.41, 5.74) is 2.26. The van der Waals surface area contributed by atoms with Gasteiger partial charge >= 0.3 is 6.03 Å². The summed E-state index contributed by atoms with van der Waals surface area (Å²) >= 11 is 0. The summed E-state index contributed by atoms with van der Waals surface area (Å²) in [6, 6.07) is 3.03. The molecule has 0 spiro atoms. The van der Waals surface area contributed by atoms with Gasteiger partial charge in [-0.25, -0.2) is 4.79 Å². The molecule has 0 aliphatic carbocycles. The van der Waals surface area contributed by atoms with Crippen LogP contribution in [0.15, 0.2) is 6.07 Å². The van der Waals surface area contributed by atoms with Gasteiger partial charge in [-0.3, -0.25) is 19.2 Å². The highest BCUT2D eigenvalue weighted by Crippen LogP contribution is 2.29. The number of carboxylic acid groups (broad SMARTS) is 2. The predicted molar refractivity (Wildman–Crippen MR) is 123 cm³/mol. The quantitative estimate of drug-likeness (QED) is 0.553. The molecule has 4 heterocycles. The van der Waals surface area contributed by atoms with Crippen molar-refractivity contribution in [2.24, 2.45) is 0 Å². The molecular formula is C22H38N6O5. The van der Waals surface area contributed by atoms with Crippen molar-refractivity contribution >= 4 is 19.0 Å². The second-order valence-electron chi connectivity index (χ2n) is 8.69. The molecule has 4 rings (SSSR count). The minimum atomic E-state index is -0.250. The number of carbonyl (C=O) groups excluding carboxylic acids is 1. The fraction of sp³-hybridized carbons (Fsp3) is 0.727. The molecule has 0 aromatic carbocycles. The first-order chi connectivity index (χ1) is 16.0. The average molecular weight is 467 g/mol. The zero-order chi connectivity index (χ0) is 24.2. The van der Waals surface area contributed by atoms with Crippen LogP contribution < -0.4 is 5.32 Å². The number of nitrogens with zero attached hydrogens (tertiary/aromatic N) is 5. The summed E-state index contributed by atoms with van der Waals surface area (Å²) < 4.78 is 2.12. The van der Waals surface area contributed by atoms with Crippen LogP contribution in [-0.4, -0.2) is 99.0 Å². The van der Waals surface area contributed by atoms with Crippen molar-refractivity contribution in [3.63, 3.8) is 0 Å². The Labute approximate surface area is 195 Å². The third kappa shape index (κ3) is 7.71. The van der Waals surface area contributed by atoms with E-state index in [2.05, 4.69) is 44.7 Å². The van der Waals surface area contributed by atoms with Crippen LogP contribution in [0, 0.1) is 0 Å². The minimum Gasteiger partial charge on any atom is -0.483 e.